The molecular weight excluding hydrogens is 479 g/mol. The Balaban J connectivity index is 0.00000364. The summed E-state index contributed by atoms with van der Waals surface area (Å²) in [6, 6.07) is 7.33. The van der Waals surface area contributed by atoms with Gasteiger partial charge in [0.2, 0.25) is 10.0 Å². The molecule has 1 aliphatic carbocycles. The van der Waals surface area contributed by atoms with Crippen molar-refractivity contribution in [1.82, 2.24) is 10.6 Å². The molecule has 0 atom stereocenters. The molecule has 0 radical (unpaired) electrons. The van der Waals surface area contributed by atoms with Gasteiger partial charge >= 0.3 is 0 Å². The summed E-state index contributed by atoms with van der Waals surface area (Å²) >= 11 is 0. The van der Waals surface area contributed by atoms with Crippen molar-refractivity contribution in [3.63, 3.8) is 0 Å². The smallest absolute Gasteiger partial charge is 0.229 e. The molecule has 7 nitrogen and oxygen atoms in total. The van der Waals surface area contributed by atoms with Crippen LogP contribution in [0.15, 0.2) is 29.3 Å². The van der Waals surface area contributed by atoms with Crippen molar-refractivity contribution in [3.8, 4) is 0 Å². The number of para-hydroxylation sites is 1. The number of rotatable bonds is 9. The van der Waals surface area contributed by atoms with Gasteiger partial charge in [0.25, 0.3) is 0 Å². The number of hydrogen-bond acceptors (Lipinski definition) is 4. The molecule has 1 aromatic carbocycles. The molecule has 1 aromatic rings. The van der Waals surface area contributed by atoms with Gasteiger partial charge in [0.1, 0.15) is 0 Å². The Morgan fingerprint density at radius 3 is 2.52 bits per heavy atom. The Labute approximate surface area is 179 Å². The summed E-state index contributed by atoms with van der Waals surface area (Å²) in [5, 5.41) is 6.67. The van der Waals surface area contributed by atoms with Crippen molar-refractivity contribution in [2.24, 2.45) is 10.4 Å². The van der Waals surface area contributed by atoms with Crippen LogP contribution in [0.3, 0.4) is 0 Å². The SMILES string of the molecule is CN=C(NCc1ccccc1NS(C)(=O)=O)NCC1(CCOC)CCC1.I. The number of methoxy groups -OCH3 is 1. The second-order valence-corrected chi connectivity index (χ2v) is 8.66. The number of halogens is 1. The standard InChI is InChI=1S/C18H30N4O3S.HI/c1-19-17(21-14-18(9-6-10-18)11-12-25-2)20-13-15-7-4-5-8-16(15)22-26(3,23)24;/h4-5,7-8,22H,6,9-14H2,1-3H3,(H2,19,20,21);1H. The largest absolute Gasteiger partial charge is 0.385 e. The second-order valence-electron chi connectivity index (χ2n) is 6.91. The van der Waals surface area contributed by atoms with Gasteiger partial charge < -0.3 is 15.4 Å². The van der Waals surface area contributed by atoms with E-state index in [4.69, 9.17) is 4.74 Å². The molecule has 0 aromatic heterocycles. The fourth-order valence-corrected chi connectivity index (χ4v) is 3.75. The zero-order valence-electron chi connectivity index (χ0n) is 16.2. The Morgan fingerprint density at radius 1 is 1.26 bits per heavy atom. The van der Waals surface area contributed by atoms with E-state index in [2.05, 4.69) is 20.3 Å². The molecule has 1 fully saturated rings. The lowest BCUT2D eigenvalue weighted by Gasteiger charge is -2.42. The number of ether oxygens (including phenoxy) is 1. The van der Waals surface area contributed by atoms with Gasteiger partial charge in [-0.25, -0.2) is 8.42 Å². The molecule has 9 heteroatoms. The first-order valence-corrected chi connectivity index (χ1v) is 10.8. The van der Waals surface area contributed by atoms with Crippen molar-refractivity contribution in [1.29, 1.82) is 0 Å². The first-order valence-electron chi connectivity index (χ1n) is 8.87. The fourth-order valence-electron chi connectivity index (χ4n) is 3.16. The predicted molar refractivity (Wildman–Crippen MR) is 121 cm³/mol. The van der Waals surface area contributed by atoms with E-state index in [1.807, 2.05) is 12.1 Å². The second kappa shape index (κ2) is 11.1. The minimum Gasteiger partial charge on any atom is -0.385 e. The molecule has 3 N–H and O–H groups in total. The van der Waals surface area contributed by atoms with Crippen LogP contribution in [0.25, 0.3) is 0 Å². The third-order valence-electron chi connectivity index (χ3n) is 4.86. The highest BCUT2D eigenvalue weighted by molar-refractivity contribution is 14.0. The molecule has 0 unspecified atom stereocenters. The van der Waals surface area contributed by atoms with Crippen LogP contribution < -0.4 is 15.4 Å². The first kappa shape index (κ1) is 24.0. The maximum atomic E-state index is 11.5. The average Bonchev–Trinajstić information content (AvgIpc) is 2.56. The van der Waals surface area contributed by atoms with Crippen molar-refractivity contribution in [2.45, 2.75) is 32.2 Å². The lowest BCUT2D eigenvalue weighted by Crippen LogP contribution is -2.46. The number of sulfonamides is 1. The third kappa shape index (κ3) is 7.82. The zero-order chi connectivity index (χ0) is 19.0. The zero-order valence-corrected chi connectivity index (χ0v) is 19.4. The quantitative estimate of drug-likeness (QED) is 0.270. The predicted octanol–water partition coefficient (Wildman–Crippen LogP) is 2.55. The van der Waals surface area contributed by atoms with Crippen LogP contribution in [0.2, 0.25) is 0 Å². The monoisotopic (exact) mass is 510 g/mol. The van der Waals surface area contributed by atoms with E-state index in [9.17, 15) is 8.42 Å². The van der Waals surface area contributed by atoms with Crippen LogP contribution in [0.4, 0.5) is 5.69 Å². The van der Waals surface area contributed by atoms with E-state index < -0.39 is 10.0 Å². The molecule has 0 spiro atoms. The van der Waals surface area contributed by atoms with Gasteiger partial charge in [-0.1, -0.05) is 24.6 Å². The topological polar surface area (TPSA) is 91.8 Å². The Bertz CT molecular complexity index is 721. The van der Waals surface area contributed by atoms with Crippen LogP contribution >= 0.6 is 24.0 Å². The molecule has 2 rings (SSSR count). The summed E-state index contributed by atoms with van der Waals surface area (Å²) in [6.07, 6.45) is 5.88. The maximum Gasteiger partial charge on any atom is 0.229 e. The summed E-state index contributed by atoms with van der Waals surface area (Å²) < 4.78 is 30.8. The summed E-state index contributed by atoms with van der Waals surface area (Å²) in [4.78, 5) is 4.27. The van der Waals surface area contributed by atoms with E-state index in [0.717, 1.165) is 31.4 Å². The highest BCUT2D eigenvalue weighted by Gasteiger charge is 2.36. The van der Waals surface area contributed by atoms with Gasteiger partial charge in [0.15, 0.2) is 5.96 Å². The van der Waals surface area contributed by atoms with Gasteiger partial charge in [-0.05, 0) is 36.3 Å². The Morgan fingerprint density at radius 2 is 1.96 bits per heavy atom. The summed E-state index contributed by atoms with van der Waals surface area (Å²) in [7, 11) is 0.160. The molecule has 0 bridgehead atoms. The lowest BCUT2D eigenvalue weighted by atomic mass is 9.67. The summed E-state index contributed by atoms with van der Waals surface area (Å²) in [5.41, 5.74) is 1.73. The van der Waals surface area contributed by atoms with Gasteiger partial charge in [-0.15, -0.1) is 24.0 Å². The molecule has 0 saturated heterocycles. The molecular formula is C18H31IN4O3S. The fraction of sp³-hybridized carbons (Fsp3) is 0.611. The van der Waals surface area contributed by atoms with E-state index in [0.29, 0.717) is 23.6 Å². The van der Waals surface area contributed by atoms with Crippen LogP contribution in [0.1, 0.15) is 31.2 Å². The molecule has 0 amide bonds. The van der Waals surface area contributed by atoms with E-state index in [1.54, 1.807) is 26.3 Å². The van der Waals surface area contributed by atoms with Gasteiger partial charge in [0, 0.05) is 33.9 Å². The number of nitrogens with one attached hydrogen (secondary N) is 3. The van der Waals surface area contributed by atoms with Gasteiger partial charge in [-0.2, -0.15) is 0 Å². The van der Waals surface area contributed by atoms with E-state index >= 15 is 0 Å². The van der Waals surface area contributed by atoms with Crippen molar-refractivity contribution >= 4 is 45.6 Å². The third-order valence-corrected chi connectivity index (χ3v) is 5.45. The lowest BCUT2D eigenvalue weighted by molar-refractivity contribution is 0.0732. The van der Waals surface area contributed by atoms with Crippen LogP contribution in [-0.4, -0.2) is 47.9 Å². The van der Waals surface area contributed by atoms with Gasteiger partial charge in [0.05, 0.1) is 11.9 Å². The van der Waals surface area contributed by atoms with E-state index in [-0.39, 0.29) is 24.0 Å². The number of guanidine groups is 1. The van der Waals surface area contributed by atoms with Crippen LogP contribution in [0.5, 0.6) is 0 Å². The number of benzene rings is 1. The highest BCUT2D eigenvalue weighted by Crippen LogP contribution is 2.43. The molecule has 154 valence electrons. The molecule has 0 aliphatic heterocycles. The minimum absolute atomic E-state index is 0. The first-order chi connectivity index (χ1) is 12.4. The van der Waals surface area contributed by atoms with Crippen molar-refractivity contribution in [2.75, 3.05) is 38.3 Å². The number of nitrogens with zero attached hydrogens (tertiary/aromatic N) is 1. The summed E-state index contributed by atoms with van der Waals surface area (Å²) in [6.45, 7) is 2.11. The minimum atomic E-state index is -3.31. The average molecular weight is 510 g/mol. The molecule has 1 saturated carbocycles. The van der Waals surface area contributed by atoms with Gasteiger partial charge in [-0.3, -0.25) is 9.71 Å². The summed E-state index contributed by atoms with van der Waals surface area (Å²) in [5.74, 6) is 0.711. The normalized spacial score (nSPS) is 16.0. The highest BCUT2D eigenvalue weighted by atomic mass is 127. The number of hydrogen-bond donors (Lipinski definition) is 3. The molecule has 0 heterocycles. The maximum absolute atomic E-state index is 11.5. The van der Waals surface area contributed by atoms with Crippen LogP contribution in [0, 0.1) is 5.41 Å². The molecule has 27 heavy (non-hydrogen) atoms. The number of anilines is 1. The van der Waals surface area contributed by atoms with Crippen LogP contribution in [-0.2, 0) is 21.3 Å². The van der Waals surface area contributed by atoms with Crippen molar-refractivity contribution < 1.29 is 13.2 Å². The molecule has 1 aliphatic rings. The number of aliphatic imine (C=N–C) groups is 1. The Hall–Kier alpha value is -1.07. The van der Waals surface area contributed by atoms with E-state index in [1.165, 1.54) is 19.3 Å². The van der Waals surface area contributed by atoms with Crippen molar-refractivity contribution in [3.05, 3.63) is 29.8 Å². The Kier molecular flexibility index (Phi) is 9.82.